The maximum absolute atomic E-state index is 12.4. The number of hydrogen-bond acceptors (Lipinski definition) is 3. The number of amides is 3. The Morgan fingerprint density at radius 1 is 1.25 bits per heavy atom. The number of urea groups is 1. The van der Waals surface area contributed by atoms with E-state index in [4.69, 9.17) is 10.8 Å². The summed E-state index contributed by atoms with van der Waals surface area (Å²) in [6.45, 7) is 7.41. The van der Waals surface area contributed by atoms with E-state index in [-0.39, 0.29) is 18.4 Å². The van der Waals surface area contributed by atoms with Crippen LogP contribution in [0.3, 0.4) is 0 Å². The van der Waals surface area contributed by atoms with Crippen molar-refractivity contribution >= 4 is 17.9 Å². The molecule has 0 aromatic rings. The van der Waals surface area contributed by atoms with Crippen molar-refractivity contribution in [3.05, 3.63) is 0 Å². The van der Waals surface area contributed by atoms with Gasteiger partial charge in [0.1, 0.15) is 12.6 Å². The number of carbonyl (C=O) groups excluding carboxylic acids is 2. The molecule has 0 spiro atoms. The van der Waals surface area contributed by atoms with Crippen molar-refractivity contribution in [2.24, 2.45) is 17.6 Å². The zero-order valence-corrected chi connectivity index (χ0v) is 12.5. The van der Waals surface area contributed by atoms with Crippen LogP contribution in [0.2, 0.25) is 0 Å². The summed E-state index contributed by atoms with van der Waals surface area (Å²) in [7, 11) is 0. The Balaban J connectivity index is 5.11. The molecule has 7 heteroatoms. The van der Waals surface area contributed by atoms with Crippen LogP contribution in [0.15, 0.2) is 0 Å². The van der Waals surface area contributed by atoms with Gasteiger partial charge in [0.05, 0.1) is 0 Å². The molecule has 0 bridgehead atoms. The summed E-state index contributed by atoms with van der Waals surface area (Å²) in [6.07, 6.45) is 0.666. The molecule has 0 aliphatic rings. The van der Waals surface area contributed by atoms with Crippen molar-refractivity contribution in [3.8, 4) is 0 Å². The molecule has 7 nitrogen and oxygen atoms in total. The van der Waals surface area contributed by atoms with Gasteiger partial charge in [-0.15, -0.1) is 0 Å². The van der Waals surface area contributed by atoms with Gasteiger partial charge in [-0.3, -0.25) is 9.59 Å². The van der Waals surface area contributed by atoms with Crippen molar-refractivity contribution in [1.29, 1.82) is 0 Å². The van der Waals surface area contributed by atoms with Gasteiger partial charge < -0.3 is 21.1 Å². The van der Waals surface area contributed by atoms with Gasteiger partial charge in [-0.1, -0.05) is 34.1 Å². The lowest BCUT2D eigenvalue weighted by molar-refractivity contribution is -0.146. The molecular weight excluding hydrogens is 262 g/mol. The minimum Gasteiger partial charge on any atom is -0.480 e. The SMILES string of the molecule is CCC(C)C(NC(N)=O)C(=O)N(CC(=O)O)CC(C)C. The third-order valence-corrected chi connectivity index (χ3v) is 3.00. The number of nitrogens with zero attached hydrogens (tertiary/aromatic N) is 1. The average Bonchev–Trinajstić information content (AvgIpc) is 2.32. The number of primary amides is 1. The van der Waals surface area contributed by atoms with E-state index < -0.39 is 23.9 Å². The molecule has 0 rings (SSSR count). The van der Waals surface area contributed by atoms with E-state index in [0.717, 1.165) is 0 Å². The number of nitrogens with one attached hydrogen (secondary N) is 1. The maximum Gasteiger partial charge on any atom is 0.323 e. The van der Waals surface area contributed by atoms with E-state index in [1.54, 1.807) is 0 Å². The Hall–Kier alpha value is -1.79. The Bertz CT molecular complexity index is 358. The van der Waals surface area contributed by atoms with Gasteiger partial charge in [0.15, 0.2) is 0 Å². The van der Waals surface area contributed by atoms with E-state index in [0.29, 0.717) is 13.0 Å². The lowest BCUT2D eigenvalue weighted by atomic mass is 9.97. The zero-order chi connectivity index (χ0) is 15.9. The molecule has 20 heavy (non-hydrogen) atoms. The first-order chi connectivity index (χ1) is 9.18. The van der Waals surface area contributed by atoms with Crippen LogP contribution in [0.1, 0.15) is 34.1 Å². The molecule has 0 fully saturated rings. The van der Waals surface area contributed by atoms with Gasteiger partial charge >= 0.3 is 12.0 Å². The average molecular weight is 287 g/mol. The molecule has 0 radical (unpaired) electrons. The molecular formula is C13H25N3O4. The fourth-order valence-electron chi connectivity index (χ4n) is 1.87. The van der Waals surface area contributed by atoms with Crippen LogP contribution in [-0.2, 0) is 9.59 Å². The highest BCUT2D eigenvalue weighted by molar-refractivity contribution is 5.89. The molecule has 0 aromatic carbocycles. The number of carbonyl (C=O) groups is 3. The molecule has 0 aromatic heterocycles. The molecule has 0 heterocycles. The second-order valence-corrected chi connectivity index (χ2v) is 5.38. The van der Waals surface area contributed by atoms with Crippen LogP contribution in [0.4, 0.5) is 4.79 Å². The van der Waals surface area contributed by atoms with Crippen LogP contribution in [0, 0.1) is 11.8 Å². The van der Waals surface area contributed by atoms with Crippen molar-refractivity contribution in [1.82, 2.24) is 10.2 Å². The molecule has 0 aliphatic heterocycles. The van der Waals surface area contributed by atoms with Gasteiger partial charge in [0, 0.05) is 6.54 Å². The Labute approximate surface area is 119 Å². The van der Waals surface area contributed by atoms with Crippen molar-refractivity contribution in [2.75, 3.05) is 13.1 Å². The summed E-state index contributed by atoms with van der Waals surface area (Å²) in [4.78, 5) is 35.6. The summed E-state index contributed by atoms with van der Waals surface area (Å²) < 4.78 is 0. The minimum atomic E-state index is -1.08. The van der Waals surface area contributed by atoms with Gasteiger partial charge in [-0.2, -0.15) is 0 Å². The lowest BCUT2D eigenvalue weighted by Crippen LogP contribution is -2.54. The van der Waals surface area contributed by atoms with E-state index in [1.165, 1.54) is 4.90 Å². The van der Waals surface area contributed by atoms with Crippen LogP contribution >= 0.6 is 0 Å². The molecule has 0 saturated carbocycles. The smallest absolute Gasteiger partial charge is 0.323 e. The molecule has 0 saturated heterocycles. The highest BCUT2D eigenvalue weighted by Gasteiger charge is 2.30. The Morgan fingerprint density at radius 2 is 1.80 bits per heavy atom. The summed E-state index contributed by atoms with van der Waals surface area (Å²) in [5.74, 6) is -1.49. The van der Waals surface area contributed by atoms with E-state index in [9.17, 15) is 14.4 Å². The number of nitrogens with two attached hydrogens (primary N) is 1. The highest BCUT2D eigenvalue weighted by Crippen LogP contribution is 2.12. The topological polar surface area (TPSA) is 113 Å². The van der Waals surface area contributed by atoms with E-state index in [1.807, 2.05) is 27.7 Å². The Morgan fingerprint density at radius 3 is 2.15 bits per heavy atom. The van der Waals surface area contributed by atoms with Crippen LogP contribution < -0.4 is 11.1 Å². The molecule has 116 valence electrons. The van der Waals surface area contributed by atoms with Crippen molar-refractivity contribution in [2.45, 2.75) is 40.2 Å². The number of carboxylic acid groups (broad SMARTS) is 1. The monoisotopic (exact) mass is 287 g/mol. The standard InChI is InChI=1S/C13H25N3O4/c1-5-9(4)11(15-13(14)20)12(19)16(6-8(2)3)7-10(17)18/h8-9,11H,5-7H2,1-4H3,(H,17,18)(H3,14,15,20). The first-order valence-electron chi connectivity index (χ1n) is 6.75. The second-order valence-electron chi connectivity index (χ2n) is 5.38. The van der Waals surface area contributed by atoms with E-state index >= 15 is 0 Å². The number of hydrogen-bond donors (Lipinski definition) is 3. The first kappa shape index (κ1) is 18.2. The summed E-state index contributed by atoms with van der Waals surface area (Å²) in [6, 6.07) is -1.58. The molecule has 3 amide bonds. The van der Waals surface area contributed by atoms with Crippen LogP contribution in [0.5, 0.6) is 0 Å². The third-order valence-electron chi connectivity index (χ3n) is 3.00. The number of carboxylic acids is 1. The molecule has 2 atom stereocenters. The maximum atomic E-state index is 12.4. The minimum absolute atomic E-state index is 0.126. The largest absolute Gasteiger partial charge is 0.480 e. The number of rotatable bonds is 8. The van der Waals surface area contributed by atoms with E-state index in [2.05, 4.69) is 5.32 Å². The van der Waals surface area contributed by atoms with Crippen LogP contribution in [0.25, 0.3) is 0 Å². The Kier molecular flexibility index (Phi) is 7.64. The summed E-state index contributed by atoms with van der Waals surface area (Å²) in [5, 5.41) is 11.3. The van der Waals surface area contributed by atoms with Gasteiger partial charge in [0.25, 0.3) is 0 Å². The predicted molar refractivity (Wildman–Crippen MR) is 75.0 cm³/mol. The fourth-order valence-corrected chi connectivity index (χ4v) is 1.87. The van der Waals surface area contributed by atoms with Gasteiger partial charge in [0.2, 0.25) is 5.91 Å². The third kappa shape index (κ3) is 6.40. The lowest BCUT2D eigenvalue weighted by Gasteiger charge is -2.30. The molecule has 2 unspecified atom stereocenters. The van der Waals surface area contributed by atoms with Crippen molar-refractivity contribution < 1.29 is 19.5 Å². The number of aliphatic carboxylic acids is 1. The highest BCUT2D eigenvalue weighted by atomic mass is 16.4. The first-order valence-corrected chi connectivity index (χ1v) is 6.75. The zero-order valence-electron chi connectivity index (χ0n) is 12.5. The fraction of sp³-hybridized carbons (Fsp3) is 0.769. The van der Waals surface area contributed by atoms with Gasteiger partial charge in [-0.05, 0) is 11.8 Å². The molecule has 0 aliphatic carbocycles. The van der Waals surface area contributed by atoms with Crippen LogP contribution in [-0.4, -0.2) is 47.0 Å². The summed E-state index contributed by atoms with van der Waals surface area (Å²) >= 11 is 0. The van der Waals surface area contributed by atoms with Gasteiger partial charge in [-0.25, -0.2) is 4.79 Å². The quantitative estimate of drug-likeness (QED) is 0.608. The van der Waals surface area contributed by atoms with Crippen molar-refractivity contribution in [3.63, 3.8) is 0 Å². The summed E-state index contributed by atoms with van der Waals surface area (Å²) in [5.41, 5.74) is 5.09. The molecule has 4 N–H and O–H groups in total. The second kappa shape index (κ2) is 8.39. The normalized spacial score (nSPS) is 13.7. The predicted octanol–water partition coefficient (Wildman–Crippen LogP) is 0.639.